The topological polar surface area (TPSA) is 33.0 Å². The predicted octanol–water partition coefficient (Wildman–Crippen LogP) is -0.585. The van der Waals surface area contributed by atoms with Crippen LogP contribution in [0.4, 0.5) is 0 Å². The van der Waals surface area contributed by atoms with E-state index in [0.29, 0.717) is 5.02 Å². The number of aromatic nitrogens is 1. The van der Waals surface area contributed by atoms with Gasteiger partial charge in [-0.15, -0.1) is 5.43 Å². The third kappa shape index (κ3) is 5.12. The van der Waals surface area contributed by atoms with Gasteiger partial charge in [-0.1, -0.05) is 34.5 Å². The van der Waals surface area contributed by atoms with E-state index >= 15 is 0 Å². The van der Waals surface area contributed by atoms with Gasteiger partial charge in [0.25, 0.3) is 5.91 Å². The maximum atomic E-state index is 11.6. The lowest BCUT2D eigenvalue weighted by atomic mass is 10.2. The molecule has 0 aliphatic heterocycles. The molecule has 0 bridgehead atoms. The zero-order valence-electron chi connectivity index (χ0n) is 9.96. The zero-order chi connectivity index (χ0) is 12.8. The Morgan fingerprint density at radius 1 is 1.11 bits per heavy atom. The number of nitrogens with one attached hydrogen (secondary N) is 1. The van der Waals surface area contributed by atoms with Crippen molar-refractivity contribution in [3.63, 3.8) is 0 Å². The molecule has 1 amide bonds. The van der Waals surface area contributed by atoms with Gasteiger partial charge in [0.1, 0.15) is 0 Å². The van der Waals surface area contributed by atoms with E-state index in [4.69, 9.17) is 11.6 Å². The monoisotopic (exact) mass is 294 g/mol. The van der Waals surface area contributed by atoms with Crippen LogP contribution >= 0.6 is 11.6 Å². The number of carbonyl (C=O) groups is 1. The molecule has 1 aromatic carbocycles. The summed E-state index contributed by atoms with van der Waals surface area (Å²) >= 11 is 5.77. The normalized spacial score (nSPS) is 9.95. The fourth-order valence-corrected chi connectivity index (χ4v) is 1.51. The van der Waals surface area contributed by atoms with Crippen molar-refractivity contribution < 1.29 is 21.9 Å². The van der Waals surface area contributed by atoms with Crippen molar-refractivity contribution >= 4 is 23.6 Å². The molecular weight excluding hydrogens is 283 g/mol. The fraction of sp³-hybridized carbons (Fsp3) is 0. The van der Waals surface area contributed by atoms with Crippen LogP contribution in [0, 0.1) is 0 Å². The molecule has 19 heavy (non-hydrogen) atoms. The van der Waals surface area contributed by atoms with Crippen LogP contribution in [-0.4, -0.2) is 5.91 Å². The summed E-state index contributed by atoms with van der Waals surface area (Å²) in [5, 5.41) is 0.677. The number of carbonyl (C=O) groups excluding carboxylic acids is 1. The highest BCUT2D eigenvalue weighted by Gasteiger charge is 2.01. The minimum Gasteiger partial charge on any atom is -1.00 e. The summed E-state index contributed by atoms with van der Waals surface area (Å²) in [5.74, 6) is -0.193. The molecule has 0 saturated carbocycles. The quantitative estimate of drug-likeness (QED) is 0.596. The molecule has 0 aliphatic carbocycles. The van der Waals surface area contributed by atoms with E-state index in [-0.39, 0.29) is 18.3 Å². The van der Waals surface area contributed by atoms with Crippen molar-refractivity contribution in [1.82, 2.24) is 0 Å². The number of nitrogens with zero attached hydrogens (tertiary/aromatic N) is 1. The highest BCUT2D eigenvalue weighted by molar-refractivity contribution is 6.30. The lowest BCUT2D eigenvalue weighted by molar-refractivity contribution is -0.642. The summed E-state index contributed by atoms with van der Waals surface area (Å²) in [5.41, 5.74) is 3.61. The lowest BCUT2D eigenvalue weighted by Crippen LogP contribution is -3.00. The van der Waals surface area contributed by atoms with Gasteiger partial charge in [-0.05, 0) is 23.8 Å². The molecule has 0 atom stereocenters. The summed E-state index contributed by atoms with van der Waals surface area (Å²) in [7, 11) is 0. The minimum atomic E-state index is -0.193. The van der Waals surface area contributed by atoms with Gasteiger partial charge in [0, 0.05) is 23.2 Å². The second-order valence-electron chi connectivity index (χ2n) is 3.64. The smallest absolute Gasteiger partial charge is 0.298 e. The van der Waals surface area contributed by atoms with E-state index in [1.165, 1.54) is 6.08 Å². The van der Waals surface area contributed by atoms with Crippen LogP contribution < -0.4 is 22.5 Å². The number of benzene rings is 1. The fourth-order valence-electron chi connectivity index (χ4n) is 1.38. The van der Waals surface area contributed by atoms with Gasteiger partial charge in [-0.25, -0.2) is 0 Å². The van der Waals surface area contributed by atoms with Crippen molar-refractivity contribution in [2.45, 2.75) is 0 Å². The number of pyridine rings is 1. The number of hydrogen-bond donors (Lipinski definition) is 1. The van der Waals surface area contributed by atoms with Gasteiger partial charge in [0.15, 0.2) is 12.4 Å². The first-order valence-electron chi connectivity index (χ1n) is 5.45. The van der Waals surface area contributed by atoms with Crippen LogP contribution in [0.1, 0.15) is 5.56 Å². The van der Waals surface area contributed by atoms with Crippen LogP contribution in [0.2, 0.25) is 5.02 Å². The molecule has 0 radical (unpaired) electrons. The van der Waals surface area contributed by atoms with Crippen molar-refractivity contribution in [3.05, 3.63) is 71.5 Å². The van der Waals surface area contributed by atoms with Crippen LogP contribution in [0.25, 0.3) is 6.08 Å². The molecule has 98 valence electrons. The summed E-state index contributed by atoms with van der Waals surface area (Å²) in [6.45, 7) is 0. The first-order chi connectivity index (χ1) is 8.74. The van der Waals surface area contributed by atoms with Gasteiger partial charge in [-0.3, -0.25) is 4.79 Å². The summed E-state index contributed by atoms with van der Waals surface area (Å²) < 4.78 is 1.59. The molecule has 0 fully saturated rings. The minimum absolute atomic E-state index is 0. The largest absolute Gasteiger partial charge is 1.00 e. The Hall–Kier alpha value is -1.84. The first-order valence-corrected chi connectivity index (χ1v) is 5.83. The van der Waals surface area contributed by atoms with E-state index in [1.807, 2.05) is 30.3 Å². The maximum absolute atomic E-state index is 11.6. The Kier molecular flexibility index (Phi) is 6.06. The van der Waals surface area contributed by atoms with E-state index in [0.717, 1.165) is 5.56 Å². The third-order valence-electron chi connectivity index (χ3n) is 2.25. The predicted molar refractivity (Wildman–Crippen MR) is 71.5 cm³/mol. The van der Waals surface area contributed by atoms with Crippen molar-refractivity contribution in [1.29, 1.82) is 0 Å². The van der Waals surface area contributed by atoms with Crippen molar-refractivity contribution in [2.75, 3.05) is 5.43 Å². The number of hydrogen-bond acceptors (Lipinski definition) is 1. The molecular formula is C14H12Cl2N2O. The number of amides is 1. The van der Waals surface area contributed by atoms with Crippen LogP contribution in [0.15, 0.2) is 60.9 Å². The molecule has 2 aromatic rings. The molecule has 0 aliphatic rings. The molecule has 5 heteroatoms. The average Bonchev–Trinajstić information content (AvgIpc) is 2.39. The van der Waals surface area contributed by atoms with Gasteiger partial charge < -0.3 is 12.4 Å². The maximum Gasteiger partial charge on any atom is 0.298 e. The SMILES string of the molecule is O=C(C=Cc1ccc(Cl)cc1)N[n+]1ccccc1.[Cl-]. The Bertz CT molecular complexity index is 553. The zero-order valence-corrected chi connectivity index (χ0v) is 11.5. The lowest BCUT2D eigenvalue weighted by Gasteiger charge is -1.95. The van der Waals surface area contributed by atoms with E-state index < -0.39 is 0 Å². The standard InChI is InChI=1S/C14H11ClN2O.ClH/c15-13-7-4-12(5-8-13)6-9-14(18)16-17-10-2-1-3-11-17;/h1-11H;1H. The molecule has 1 N–H and O–H groups in total. The Morgan fingerprint density at radius 3 is 2.37 bits per heavy atom. The van der Waals surface area contributed by atoms with Gasteiger partial charge in [0.05, 0.1) is 0 Å². The molecule has 0 spiro atoms. The van der Waals surface area contributed by atoms with Crippen molar-refractivity contribution in [3.8, 4) is 0 Å². The van der Waals surface area contributed by atoms with Crippen LogP contribution in [0.5, 0.6) is 0 Å². The van der Waals surface area contributed by atoms with E-state index in [2.05, 4.69) is 5.43 Å². The van der Waals surface area contributed by atoms with E-state index in [9.17, 15) is 4.79 Å². The van der Waals surface area contributed by atoms with Crippen LogP contribution in [-0.2, 0) is 4.79 Å². The number of halogens is 2. The number of rotatable bonds is 3. The molecule has 0 saturated heterocycles. The highest BCUT2D eigenvalue weighted by Crippen LogP contribution is 2.10. The van der Waals surface area contributed by atoms with Crippen molar-refractivity contribution in [2.24, 2.45) is 0 Å². The van der Waals surface area contributed by atoms with Gasteiger partial charge in [-0.2, -0.15) is 0 Å². The summed E-state index contributed by atoms with van der Waals surface area (Å²) in [6, 6.07) is 12.8. The van der Waals surface area contributed by atoms with Gasteiger partial charge >= 0.3 is 0 Å². The summed E-state index contributed by atoms with van der Waals surface area (Å²) in [4.78, 5) is 11.6. The van der Waals surface area contributed by atoms with Crippen LogP contribution in [0.3, 0.4) is 0 Å². The van der Waals surface area contributed by atoms with E-state index in [1.54, 1.807) is 35.3 Å². The third-order valence-corrected chi connectivity index (χ3v) is 2.50. The Labute approximate surface area is 122 Å². The molecule has 0 unspecified atom stereocenters. The molecule has 1 heterocycles. The Balaban J connectivity index is 0.00000180. The first kappa shape index (κ1) is 15.2. The molecule has 3 nitrogen and oxygen atoms in total. The summed E-state index contributed by atoms with van der Waals surface area (Å²) in [6.07, 6.45) is 6.72. The molecule has 1 aromatic heterocycles. The average molecular weight is 295 g/mol. The Morgan fingerprint density at radius 2 is 1.74 bits per heavy atom. The second kappa shape index (κ2) is 7.56. The molecule has 2 rings (SSSR count). The highest BCUT2D eigenvalue weighted by atomic mass is 35.5. The van der Waals surface area contributed by atoms with Gasteiger partial charge in [0.2, 0.25) is 0 Å². The second-order valence-corrected chi connectivity index (χ2v) is 4.08.